The van der Waals surface area contributed by atoms with Crippen LogP contribution in [-0.4, -0.2) is 22.9 Å². The zero-order valence-electron chi connectivity index (χ0n) is 10.7. The van der Waals surface area contributed by atoms with Crippen LogP contribution < -0.4 is 11.1 Å². The zero-order chi connectivity index (χ0) is 13.8. The summed E-state index contributed by atoms with van der Waals surface area (Å²) in [6.45, 7) is 1.93. The topological polar surface area (TPSA) is 80.9 Å². The van der Waals surface area contributed by atoms with Gasteiger partial charge in [0.2, 0.25) is 0 Å². The number of amides is 1. The van der Waals surface area contributed by atoms with E-state index in [1.165, 1.54) is 11.8 Å². The average Bonchev–Trinajstić information content (AvgIpc) is 2.43. The fraction of sp³-hybridized carbons (Fsp3) is 0.154. The lowest BCUT2D eigenvalue weighted by Crippen LogP contribution is -2.17. The standard InChI is InChI=1S/C13H14N4OS/c1-8-6-16-13(17-7-8)19-11-5-9(12(18)15-2)3-4-10(11)14/h3-7H,14H2,1-2H3,(H,15,18). The Hall–Kier alpha value is -2.08. The quantitative estimate of drug-likeness (QED) is 0.659. The van der Waals surface area contributed by atoms with Crippen LogP contribution in [0.2, 0.25) is 0 Å². The normalized spacial score (nSPS) is 10.2. The lowest BCUT2D eigenvalue weighted by Gasteiger charge is -2.07. The van der Waals surface area contributed by atoms with Gasteiger partial charge in [0.05, 0.1) is 0 Å². The van der Waals surface area contributed by atoms with Crippen molar-refractivity contribution in [3.05, 3.63) is 41.7 Å². The van der Waals surface area contributed by atoms with E-state index < -0.39 is 0 Å². The molecule has 0 bridgehead atoms. The Balaban J connectivity index is 2.28. The minimum absolute atomic E-state index is 0.147. The predicted octanol–water partition coefficient (Wildman–Crippen LogP) is 1.88. The highest BCUT2D eigenvalue weighted by Gasteiger charge is 2.09. The van der Waals surface area contributed by atoms with Crippen LogP contribution in [0.15, 0.2) is 40.6 Å². The van der Waals surface area contributed by atoms with Crippen LogP contribution in [0.3, 0.4) is 0 Å². The molecule has 98 valence electrons. The number of carbonyl (C=O) groups is 1. The van der Waals surface area contributed by atoms with Gasteiger partial charge >= 0.3 is 0 Å². The Morgan fingerprint density at radius 3 is 2.63 bits per heavy atom. The molecule has 0 aliphatic rings. The molecular formula is C13H14N4OS. The van der Waals surface area contributed by atoms with E-state index in [2.05, 4.69) is 15.3 Å². The maximum atomic E-state index is 11.6. The molecule has 0 fully saturated rings. The fourth-order valence-electron chi connectivity index (χ4n) is 1.44. The second kappa shape index (κ2) is 5.71. The third-order valence-electron chi connectivity index (χ3n) is 2.46. The van der Waals surface area contributed by atoms with Gasteiger partial charge in [-0.05, 0) is 42.4 Å². The first-order chi connectivity index (χ1) is 9.10. The van der Waals surface area contributed by atoms with E-state index in [0.717, 1.165) is 10.5 Å². The van der Waals surface area contributed by atoms with Crippen molar-refractivity contribution in [1.82, 2.24) is 15.3 Å². The summed E-state index contributed by atoms with van der Waals surface area (Å²) in [6, 6.07) is 5.14. The summed E-state index contributed by atoms with van der Waals surface area (Å²) in [5.74, 6) is -0.147. The van der Waals surface area contributed by atoms with Crippen LogP contribution in [0.1, 0.15) is 15.9 Å². The summed E-state index contributed by atoms with van der Waals surface area (Å²) in [7, 11) is 1.59. The van der Waals surface area contributed by atoms with Crippen LogP contribution in [0.4, 0.5) is 5.69 Å². The molecule has 0 unspecified atom stereocenters. The first kappa shape index (κ1) is 13.4. The molecule has 1 aromatic carbocycles. The van der Waals surface area contributed by atoms with E-state index in [4.69, 9.17) is 5.73 Å². The number of nitrogens with two attached hydrogens (primary N) is 1. The van der Waals surface area contributed by atoms with E-state index in [1.807, 2.05) is 6.92 Å². The molecule has 5 nitrogen and oxygen atoms in total. The van der Waals surface area contributed by atoms with E-state index in [-0.39, 0.29) is 5.91 Å². The van der Waals surface area contributed by atoms with Gasteiger partial charge in [-0.3, -0.25) is 4.79 Å². The molecule has 3 N–H and O–H groups in total. The van der Waals surface area contributed by atoms with Crippen LogP contribution in [0.5, 0.6) is 0 Å². The van der Waals surface area contributed by atoms with Gasteiger partial charge in [-0.1, -0.05) is 0 Å². The van der Waals surface area contributed by atoms with E-state index in [1.54, 1.807) is 37.6 Å². The Morgan fingerprint density at radius 2 is 2.00 bits per heavy atom. The van der Waals surface area contributed by atoms with Gasteiger partial charge in [-0.15, -0.1) is 0 Å². The molecule has 0 spiro atoms. The Morgan fingerprint density at radius 1 is 1.32 bits per heavy atom. The van der Waals surface area contributed by atoms with Crippen molar-refractivity contribution in [3.8, 4) is 0 Å². The molecule has 2 rings (SSSR count). The Labute approximate surface area is 115 Å². The smallest absolute Gasteiger partial charge is 0.251 e. The molecule has 1 heterocycles. The molecule has 0 radical (unpaired) electrons. The van der Waals surface area contributed by atoms with Crippen LogP contribution in [0, 0.1) is 6.92 Å². The maximum absolute atomic E-state index is 11.6. The van der Waals surface area contributed by atoms with Gasteiger partial charge in [-0.25, -0.2) is 9.97 Å². The third-order valence-corrected chi connectivity index (χ3v) is 3.43. The minimum Gasteiger partial charge on any atom is -0.398 e. The van der Waals surface area contributed by atoms with Gasteiger partial charge in [0, 0.05) is 35.6 Å². The van der Waals surface area contributed by atoms with Crippen molar-refractivity contribution in [3.63, 3.8) is 0 Å². The number of anilines is 1. The van der Waals surface area contributed by atoms with Crippen molar-refractivity contribution >= 4 is 23.4 Å². The number of nitrogens with zero attached hydrogens (tertiary/aromatic N) is 2. The summed E-state index contributed by atoms with van der Waals surface area (Å²) >= 11 is 1.34. The summed E-state index contributed by atoms with van der Waals surface area (Å²) in [5.41, 5.74) is 8.06. The van der Waals surface area contributed by atoms with Crippen LogP contribution in [0.25, 0.3) is 0 Å². The third kappa shape index (κ3) is 3.23. The Bertz CT molecular complexity index is 598. The SMILES string of the molecule is CNC(=O)c1ccc(N)c(Sc2ncc(C)cn2)c1. The fourth-order valence-corrected chi connectivity index (χ4v) is 2.22. The van der Waals surface area contributed by atoms with E-state index >= 15 is 0 Å². The van der Waals surface area contributed by atoms with Gasteiger partial charge < -0.3 is 11.1 Å². The summed E-state index contributed by atoms with van der Waals surface area (Å²) in [4.78, 5) is 20.8. The summed E-state index contributed by atoms with van der Waals surface area (Å²) in [6.07, 6.45) is 3.49. The number of carbonyl (C=O) groups excluding carboxylic acids is 1. The second-order valence-electron chi connectivity index (χ2n) is 3.98. The largest absolute Gasteiger partial charge is 0.398 e. The van der Waals surface area contributed by atoms with Gasteiger partial charge in [0.15, 0.2) is 5.16 Å². The van der Waals surface area contributed by atoms with Crippen molar-refractivity contribution in [2.45, 2.75) is 17.0 Å². The average molecular weight is 274 g/mol. The molecule has 0 saturated heterocycles. The van der Waals surface area contributed by atoms with Gasteiger partial charge in [-0.2, -0.15) is 0 Å². The maximum Gasteiger partial charge on any atom is 0.251 e. The highest BCUT2D eigenvalue weighted by molar-refractivity contribution is 7.99. The highest BCUT2D eigenvalue weighted by atomic mass is 32.2. The molecule has 6 heteroatoms. The monoisotopic (exact) mass is 274 g/mol. The zero-order valence-corrected chi connectivity index (χ0v) is 11.5. The Kier molecular flexibility index (Phi) is 4.01. The van der Waals surface area contributed by atoms with Crippen molar-refractivity contribution in [1.29, 1.82) is 0 Å². The van der Waals surface area contributed by atoms with E-state index in [0.29, 0.717) is 16.4 Å². The molecule has 1 amide bonds. The molecule has 19 heavy (non-hydrogen) atoms. The number of hydrogen-bond donors (Lipinski definition) is 2. The summed E-state index contributed by atoms with van der Waals surface area (Å²) in [5, 5.41) is 3.18. The highest BCUT2D eigenvalue weighted by Crippen LogP contribution is 2.30. The number of aromatic nitrogens is 2. The van der Waals surface area contributed by atoms with Gasteiger partial charge in [0.1, 0.15) is 0 Å². The molecule has 0 atom stereocenters. The molecule has 2 aromatic rings. The number of nitrogen functional groups attached to an aromatic ring is 1. The number of benzene rings is 1. The minimum atomic E-state index is -0.147. The molecule has 0 saturated carbocycles. The van der Waals surface area contributed by atoms with Crippen LogP contribution >= 0.6 is 11.8 Å². The van der Waals surface area contributed by atoms with Crippen molar-refractivity contribution in [2.75, 3.05) is 12.8 Å². The number of rotatable bonds is 3. The molecular weight excluding hydrogens is 260 g/mol. The number of nitrogens with one attached hydrogen (secondary N) is 1. The lowest BCUT2D eigenvalue weighted by atomic mass is 10.2. The first-order valence-corrected chi connectivity index (χ1v) is 6.50. The molecule has 0 aliphatic heterocycles. The van der Waals surface area contributed by atoms with Crippen molar-refractivity contribution < 1.29 is 4.79 Å². The van der Waals surface area contributed by atoms with Gasteiger partial charge in [0.25, 0.3) is 5.91 Å². The second-order valence-corrected chi connectivity index (χ2v) is 4.99. The summed E-state index contributed by atoms with van der Waals surface area (Å²) < 4.78 is 0. The lowest BCUT2D eigenvalue weighted by molar-refractivity contribution is 0.0963. The van der Waals surface area contributed by atoms with Crippen LogP contribution in [-0.2, 0) is 0 Å². The van der Waals surface area contributed by atoms with Crippen molar-refractivity contribution in [2.24, 2.45) is 0 Å². The number of aryl methyl sites for hydroxylation is 1. The van der Waals surface area contributed by atoms with E-state index in [9.17, 15) is 4.79 Å². The first-order valence-electron chi connectivity index (χ1n) is 5.68. The molecule has 1 aromatic heterocycles. The predicted molar refractivity (Wildman–Crippen MR) is 75.1 cm³/mol. The molecule has 0 aliphatic carbocycles. The number of hydrogen-bond acceptors (Lipinski definition) is 5.